The van der Waals surface area contributed by atoms with Crippen molar-refractivity contribution in [1.82, 2.24) is 14.6 Å². The molecule has 2 aromatic heterocycles. The minimum atomic E-state index is 0.519. The molecule has 4 nitrogen and oxygen atoms in total. The van der Waals surface area contributed by atoms with Crippen LogP contribution in [0.1, 0.15) is 69.2 Å². The fourth-order valence-corrected chi connectivity index (χ4v) is 3.46. The zero-order valence-electron chi connectivity index (χ0n) is 12.6. The highest BCUT2D eigenvalue weighted by atomic mass is 15.2. The molecular weight excluding hydrogens is 260 g/mol. The van der Waals surface area contributed by atoms with Crippen LogP contribution >= 0.6 is 0 Å². The second-order valence-electron chi connectivity index (χ2n) is 6.17. The van der Waals surface area contributed by atoms with Gasteiger partial charge in [0.1, 0.15) is 5.82 Å². The molecule has 1 aliphatic rings. The van der Waals surface area contributed by atoms with Crippen molar-refractivity contribution in [1.29, 1.82) is 5.26 Å². The smallest absolute Gasteiger partial charge is 0.162 e. The van der Waals surface area contributed by atoms with E-state index >= 15 is 0 Å². The van der Waals surface area contributed by atoms with E-state index in [9.17, 15) is 0 Å². The van der Waals surface area contributed by atoms with Crippen LogP contribution in [0.4, 0.5) is 0 Å². The van der Waals surface area contributed by atoms with Crippen molar-refractivity contribution >= 4 is 5.65 Å². The molecule has 2 heterocycles. The van der Waals surface area contributed by atoms with E-state index < -0.39 is 0 Å². The Hall–Kier alpha value is -1.89. The van der Waals surface area contributed by atoms with Gasteiger partial charge in [0.15, 0.2) is 5.65 Å². The van der Waals surface area contributed by atoms with Gasteiger partial charge in [0.05, 0.1) is 11.6 Å². The first-order valence-corrected chi connectivity index (χ1v) is 8.06. The number of aromatic nitrogens is 3. The average molecular weight is 282 g/mol. The summed E-state index contributed by atoms with van der Waals surface area (Å²) in [6.07, 6.45) is 11.0. The summed E-state index contributed by atoms with van der Waals surface area (Å²) in [5.41, 5.74) is 1.43. The van der Waals surface area contributed by atoms with Crippen LogP contribution in [0, 0.1) is 17.2 Å². The molecule has 3 rings (SSSR count). The molecule has 0 atom stereocenters. The second kappa shape index (κ2) is 6.26. The Kier molecular flexibility index (Phi) is 4.19. The fourth-order valence-electron chi connectivity index (χ4n) is 3.46. The standard InChI is InChI=1S/C17H22N4/c1-2-3-4-13-5-7-15(8-6-13)17-20-19-16-11-14(12-18)9-10-21(16)17/h9-11,13,15H,2-8H2,1H3. The third-order valence-corrected chi connectivity index (χ3v) is 4.74. The molecule has 0 N–H and O–H groups in total. The minimum absolute atomic E-state index is 0.519. The Bertz CT molecular complexity index is 644. The topological polar surface area (TPSA) is 54.0 Å². The van der Waals surface area contributed by atoms with E-state index in [1.54, 1.807) is 0 Å². The summed E-state index contributed by atoms with van der Waals surface area (Å²) in [5.74, 6) is 2.50. The van der Waals surface area contributed by atoms with Gasteiger partial charge in [-0.3, -0.25) is 4.40 Å². The maximum Gasteiger partial charge on any atom is 0.162 e. The minimum Gasteiger partial charge on any atom is -0.286 e. The van der Waals surface area contributed by atoms with Crippen LogP contribution in [-0.4, -0.2) is 14.6 Å². The maximum atomic E-state index is 8.95. The van der Waals surface area contributed by atoms with Gasteiger partial charge in [0.2, 0.25) is 0 Å². The Balaban J connectivity index is 1.72. The molecule has 1 saturated carbocycles. The van der Waals surface area contributed by atoms with Crippen molar-refractivity contribution in [3.05, 3.63) is 29.7 Å². The SMILES string of the molecule is CCCCC1CCC(c2nnc3cc(C#N)ccn23)CC1. The predicted octanol–water partition coefficient (Wildman–Crippen LogP) is 4.06. The Morgan fingerprint density at radius 3 is 2.81 bits per heavy atom. The first-order valence-electron chi connectivity index (χ1n) is 8.06. The van der Waals surface area contributed by atoms with Crippen LogP contribution in [0.3, 0.4) is 0 Å². The third kappa shape index (κ3) is 2.92. The molecule has 110 valence electrons. The van der Waals surface area contributed by atoms with Gasteiger partial charge in [-0.25, -0.2) is 0 Å². The normalized spacial score (nSPS) is 22.3. The summed E-state index contributed by atoms with van der Waals surface area (Å²) in [6.45, 7) is 2.27. The number of hydrogen-bond donors (Lipinski definition) is 0. The highest BCUT2D eigenvalue weighted by molar-refractivity contribution is 5.45. The number of unbranched alkanes of at least 4 members (excludes halogenated alkanes) is 1. The van der Waals surface area contributed by atoms with Gasteiger partial charge in [0.25, 0.3) is 0 Å². The summed E-state index contributed by atoms with van der Waals surface area (Å²) in [5, 5.41) is 17.6. The zero-order valence-corrected chi connectivity index (χ0v) is 12.6. The Morgan fingerprint density at radius 1 is 1.29 bits per heavy atom. The molecule has 0 saturated heterocycles. The number of nitrogens with zero attached hydrogens (tertiary/aromatic N) is 4. The molecule has 0 amide bonds. The first-order chi connectivity index (χ1) is 10.3. The van der Waals surface area contributed by atoms with Crippen molar-refractivity contribution < 1.29 is 0 Å². The number of pyridine rings is 1. The summed E-state index contributed by atoms with van der Waals surface area (Å²) in [7, 11) is 0. The van der Waals surface area contributed by atoms with Crippen molar-refractivity contribution in [2.24, 2.45) is 5.92 Å². The molecule has 0 aliphatic heterocycles. The van der Waals surface area contributed by atoms with Crippen LogP contribution in [0.25, 0.3) is 5.65 Å². The van der Waals surface area contributed by atoms with E-state index in [1.165, 1.54) is 44.9 Å². The van der Waals surface area contributed by atoms with Gasteiger partial charge >= 0.3 is 0 Å². The van der Waals surface area contributed by atoms with Crippen molar-refractivity contribution in [2.45, 2.75) is 57.8 Å². The van der Waals surface area contributed by atoms with Crippen molar-refractivity contribution in [3.63, 3.8) is 0 Å². The van der Waals surface area contributed by atoms with Crippen LogP contribution in [-0.2, 0) is 0 Å². The molecule has 21 heavy (non-hydrogen) atoms. The Morgan fingerprint density at radius 2 is 2.10 bits per heavy atom. The van der Waals surface area contributed by atoms with Gasteiger partial charge in [-0.2, -0.15) is 5.26 Å². The molecule has 0 bridgehead atoms. The average Bonchev–Trinajstić information content (AvgIpc) is 2.96. The van der Waals surface area contributed by atoms with E-state index in [-0.39, 0.29) is 0 Å². The van der Waals surface area contributed by atoms with Crippen LogP contribution in [0.5, 0.6) is 0 Å². The summed E-state index contributed by atoms with van der Waals surface area (Å²) in [6, 6.07) is 5.80. The van der Waals surface area contributed by atoms with Crippen LogP contribution in [0.2, 0.25) is 0 Å². The highest BCUT2D eigenvalue weighted by Gasteiger charge is 2.25. The molecule has 1 fully saturated rings. The lowest BCUT2D eigenvalue weighted by molar-refractivity contribution is 0.298. The van der Waals surface area contributed by atoms with E-state index in [1.807, 2.05) is 18.3 Å². The number of hydrogen-bond acceptors (Lipinski definition) is 3. The lowest BCUT2D eigenvalue weighted by atomic mass is 9.79. The number of fused-ring (bicyclic) bond motifs is 1. The fraction of sp³-hybridized carbons (Fsp3) is 0.588. The second-order valence-corrected chi connectivity index (χ2v) is 6.17. The molecule has 4 heteroatoms. The van der Waals surface area contributed by atoms with E-state index in [0.717, 1.165) is 17.4 Å². The largest absolute Gasteiger partial charge is 0.286 e. The van der Waals surface area contributed by atoms with Crippen LogP contribution in [0.15, 0.2) is 18.3 Å². The lowest BCUT2D eigenvalue weighted by Gasteiger charge is -2.27. The highest BCUT2D eigenvalue weighted by Crippen LogP contribution is 2.37. The molecule has 0 spiro atoms. The Labute approximate surface area is 125 Å². The van der Waals surface area contributed by atoms with Gasteiger partial charge < -0.3 is 0 Å². The van der Waals surface area contributed by atoms with E-state index in [2.05, 4.69) is 27.6 Å². The van der Waals surface area contributed by atoms with Gasteiger partial charge in [-0.15, -0.1) is 10.2 Å². The number of rotatable bonds is 4. The first kappa shape index (κ1) is 14.1. The van der Waals surface area contributed by atoms with Gasteiger partial charge in [0, 0.05) is 18.2 Å². The van der Waals surface area contributed by atoms with Crippen LogP contribution < -0.4 is 0 Å². The zero-order chi connectivity index (χ0) is 14.7. The van der Waals surface area contributed by atoms with Gasteiger partial charge in [-0.05, 0) is 37.7 Å². The molecule has 1 aliphatic carbocycles. The quantitative estimate of drug-likeness (QED) is 0.849. The number of nitriles is 1. The van der Waals surface area contributed by atoms with E-state index in [0.29, 0.717) is 11.5 Å². The summed E-state index contributed by atoms with van der Waals surface area (Å²) in [4.78, 5) is 0. The summed E-state index contributed by atoms with van der Waals surface area (Å²) >= 11 is 0. The van der Waals surface area contributed by atoms with Crippen molar-refractivity contribution in [3.8, 4) is 6.07 Å². The summed E-state index contributed by atoms with van der Waals surface area (Å²) < 4.78 is 2.05. The molecule has 2 aromatic rings. The molecular formula is C17H22N4. The maximum absolute atomic E-state index is 8.95. The molecule has 0 radical (unpaired) electrons. The third-order valence-electron chi connectivity index (χ3n) is 4.74. The van der Waals surface area contributed by atoms with Gasteiger partial charge in [-0.1, -0.05) is 26.2 Å². The molecule has 0 aromatic carbocycles. The van der Waals surface area contributed by atoms with E-state index in [4.69, 9.17) is 5.26 Å². The molecule has 0 unspecified atom stereocenters. The lowest BCUT2D eigenvalue weighted by Crippen LogP contribution is -2.15. The predicted molar refractivity (Wildman–Crippen MR) is 81.9 cm³/mol. The monoisotopic (exact) mass is 282 g/mol. The van der Waals surface area contributed by atoms with Crippen molar-refractivity contribution in [2.75, 3.05) is 0 Å².